The molecule has 104 valence electrons. The number of hydrogen-bond acceptors (Lipinski definition) is 3. The molecule has 2 unspecified atom stereocenters. The average molecular weight is 266 g/mol. The second kappa shape index (κ2) is 5.55. The van der Waals surface area contributed by atoms with Crippen molar-refractivity contribution in [2.24, 2.45) is 11.8 Å². The SMILES string of the molecule is CC1CCCC(C)C1Nc1cc([N+](=O)[O-])ccc1F. The highest BCUT2D eigenvalue weighted by Crippen LogP contribution is 2.32. The van der Waals surface area contributed by atoms with Gasteiger partial charge in [0, 0.05) is 18.2 Å². The highest BCUT2D eigenvalue weighted by atomic mass is 19.1. The molecule has 1 aliphatic rings. The van der Waals surface area contributed by atoms with Crippen LogP contribution in [0, 0.1) is 27.8 Å². The Morgan fingerprint density at radius 3 is 2.53 bits per heavy atom. The Balaban J connectivity index is 2.21. The molecule has 1 N–H and O–H groups in total. The quantitative estimate of drug-likeness (QED) is 0.665. The summed E-state index contributed by atoms with van der Waals surface area (Å²) < 4.78 is 13.8. The molecule has 1 saturated carbocycles. The maximum Gasteiger partial charge on any atom is 0.271 e. The molecule has 0 spiro atoms. The van der Waals surface area contributed by atoms with Crippen LogP contribution in [0.3, 0.4) is 0 Å². The lowest BCUT2D eigenvalue weighted by Crippen LogP contribution is -2.37. The fourth-order valence-electron chi connectivity index (χ4n) is 2.88. The monoisotopic (exact) mass is 266 g/mol. The van der Waals surface area contributed by atoms with Crippen LogP contribution < -0.4 is 5.32 Å². The molecule has 1 aromatic rings. The Hall–Kier alpha value is -1.65. The van der Waals surface area contributed by atoms with E-state index in [1.165, 1.54) is 18.6 Å². The molecule has 1 aromatic carbocycles. The zero-order valence-corrected chi connectivity index (χ0v) is 11.2. The summed E-state index contributed by atoms with van der Waals surface area (Å²) in [7, 11) is 0. The van der Waals surface area contributed by atoms with E-state index in [0.717, 1.165) is 18.9 Å². The van der Waals surface area contributed by atoms with Gasteiger partial charge < -0.3 is 5.32 Å². The third kappa shape index (κ3) is 3.03. The molecule has 0 heterocycles. The van der Waals surface area contributed by atoms with Crippen molar-refractivity contribution in [3.05, 3.63) is 34.1 Å². The van der Waals surface area contributed by atoms with Gasteiger partial charge in [0.1, 0.15) is 5.82 Å². The maximum absolute atomic E-state index is 13.8. The minimum absolute atomic E-state index is 0.0833. The predicted molar refractivity (Wildman–Crippen MR) is 72.6 cm³/mol. The van der Waals surface area contributed by atoms with Crippen LogP contribution in [-0.4, -0.2) is 11.0 Å². The topological polar surface area (TPSA) is 55.2 Å². The first-order valence-electron chi connectivity index (χ1n) is 6.69. The Labute approximate surface area is 112 Å². The number of nitro benzene ring substituents is 1. The van der Waals surface area contributed by atoms with Crippen molar-refractivity contribution in [1.82, 2.24) is 0 Å². The number of anilines is 1. The average Bonchev–Trinajstić information content (AvgIpc) is 2.35. The number of nitrogens with one attached hydrogen (secondary N) is 1. The molecule has 5 heteroatoms. The highest BCUT2D eigenvalue weighted by molar-refractivity contribution is 5.53. The number of rotatable bonds is 3. The third-order valence-corrected chi connectivity index (χ3v) is 4.03. The fraction of sp³-hybridized carbons (Fsp3) is 0.571. The summed E-state index contributed by atoms with van der Waals surface area (Å²) in [5, 5.41) is 13.9. The zero-order chi connectivity index (χ0) is 14.0. The van der Waals surface area contributed by atoms with Gasteiger partial charge in [0.15, 0.2) is 0 Å². The van der Waals surface area contributed by atoms with E-state index < -0.39 is 10.7 Å². The molecule has 0 aromatic heterocycles. The van der Waals surface area contributed by atoms with Crippen molar-refractivity contribution < 1.29 is 9.31 Å². The van der Waals surface area contributed by atoms with E-state index in [9.17, 15) is 14.5 Å². The molecule has 1 aliphatic carbocycles. The number of benzene rings is 1. The van der Waals surface area contributed by atoms with E-state index in [4.69, 9.17) is 0 Å². The number of nitrogens with zero attached hydrogens (tertiary/aromatic N) is 1. The molecule has 1 fully saturated rings. The van der Waals surface area contributed by atoms with Crippen molar-refractivity contribution in [1.29, 1.82) is 0 Å². The van der Waals surface area contributed by atoms with Crippen molar-refractivity contribution in [3.8, 4) is 0 Å². The van der Waals surface area contributed by atoms with E-state index in [0.29, 0.717) is 11.8 Å². The summed E-state index contributed by atoms with van der Waals surface area (Å²) in [5.74, 6) is 0.459. The molecule has 0 aliphatic heterocycles. The van der Waals surface area contributed by atoms with Gasteiger partial charge in [-0.25, -0.2) is 4.39 Å². The number of nitro groups is 1. The fourth-order valence-corrected chi connectivity index (χ4v) is 2.88. The van der Waals surface area contributed by atoms with Gasteiger partial charge in [-0.15, -0.1) is 0 Å². The van der Waals surface area contributed by atoms with Crippen LogP contribution in [0.2, 0.25) is 0 Å². The lowest BCUT2D eigenvalue weighted by atomic mass is 9.78. The van der Waals surface area contributed by atoms with Gasteiger partial charge in [-0.1, -0.05) is 20.3 Å². The first kappa shape index (κ1) is 13.8. The molecule has 2 atom stereocenters. The Kier molecular flexibility index (Phi) is 4.02. The van der Waals surface area contributed by atoms with Gasteiger partial charge >= 0.3 is 0 Å². The van der Waals surface area contributed by atoms with E-state index >= 15 is 0 Å². The normalized spacial score (nSPS) is 27.0. The summed E-state index contributed by atoms with van der Waals surface area (Å²) >= 11 is 0. The van der Waals surface area contributed by atoms with Crippen LogP contribution in [-0.2, 0) is 0 Å². The molecule has 2 rings (SSSR count). The summed E-state index contributed by atoms with van der Waals surface area (Å²) in [5.41, 5.74) is 0.153. The van der Waals surface area contributed by atoms with Crippen molar-refractivity contribution >= 4 is 11.4 Å². The van der Waals surface area contributed by atoms with Crippen LogP contribution in [0.15, 0.2) is 18.2 Å². The number of halogens is 1. The van der Waals surface area contributed by atoms with Gasteiger partial charge in [0.2, 0.25) is 0 Å². The first-order valence-corrected chi connectivity index (χ1v) is 6.69. The van der Waals surface area contributed by atoms with E-state index in [1.54, 1.807) is 0 Å². The molecule has 0 bridgehead atoms. The standard InChI is InChI=1S/C14H19FN2O2/c1-9-4-3-5-10(2)14(9)16-13-8-11(17(18)19)6-7-12(13)15/h6-10,14,16H,3-5H2,1-2H3. The van der Waals surface area contributed by atoms with Gasteiger partial charge in [0.05, 0.1) is 10.6 Å². The number of non-ortho nitro benzene ring substituents is 1. The molecular formula is C14H19FN2O2. The second-order valence-corrected chi connectivity index (χ2v) is 5.48. The molecule has 0 saturated heterocycles. The van der Waals surface area contributed by atoms with Crippen molar-refractivity contribution in [2.45, 2.75) is 39.2 Å². The van der Waals surface area contributed by atoms with Crippen LogP contribution in [0.4, 0.5) is 15.8 Å². The molecule has 0 radical (unpaired) electrons. The van der Waals surface area contributed by atoms with Crippen LogP contribution >= 0.6 is 0 Å². The first-order chi connectivity index (χ1) is 8.99. The van der Waals surface area contributed by atoms with E-state index in [-0.39, 0.29) is 17.4 Å². The maximum atomic E-state index is 13.8. The van der Waals surface area contributed by atoms with Crippen LogP contribution in [0.25, 0.3) is 0 Å². The smallest absolute Gasteiger partial charge is 0.271 e. The lowest BCUT2D eigenvalue weighted by Gasteiger charge is -2.35. The van der Waals surface area contributed by atoms with Crippen molar-refractivity contribution in [3.63, 3.8) is 0 Å². The summed E-state index contributed by atoms with van der Waals surface area (Å²) in [6.07, 6.45) is 3.41. The molecule has 0 amide bonds. The Morgan fingerprint density at radius 2 is 1.95 bits per heavy atom. The molecule has 19 heavy (non-hydrogen) atoms. The Morgan fingerprint density at radius 1 is 1.32 bits per heavy atom. The lowest BCUT2D eigenvalue weighted by molar-refractivity contribution is -0.384. The predicted octanol–water partition coefficient (Wildman–Crippen LogP) is 3.97. The second-order valence-electron chi connectivity index (χ2n) is 5.48. The van der Waals surface area contributed by atoms with Crippen LogP contribution in [0.1, 0.15) is 33.1 Å². The van der Waals surface area contributed by atoms with E-state index in [1.807, 2.05) is 0 Å². The van der Waals surface area contributed by atoms with Gasteiger partial charge in [0.25, 0.3) is 5.69 Å². The summed E-state index contributed by atoms with van der Waals surface area (Å²) in [4.78, 5) is 10.2. The molecule has 4 nitrogen and oxygen atoms in total. The minimum atomic E-state index is -0.502. The number of hydrogen-bond donors (Lipinski definition) is 1. The van der Waals surface area contributed by atoms with Gasteiger partial charge in [-0.3, -0.25) is 10.1 Å². The van der Waals surface area contributed by atoms with Gasteiger partial charge in [-0.2, -0.15) is 0 Å². The van der Waals surface area contributed by atoms with Gasteiger partial charge in [-0.05, 0) is 30.7 Å². The van der Waals surface area contributed by atoms with E-state index in [2.05, 4.69) is 19.2 Å². The van der Waals surface area contributed by atoms with Crippen LogP contribution in [0.5, 0.6) is 0 Å². The highest BCUT2D eigenvalue weighted by Gasteiger charge is 2.28. The third-order valence-electron chi connectivity index (χ3n) is 4.03. The minimum Gasteiger partial charge on any atom is -0.379 e. The summed E-state index contributed by atoms with van der Waals surface area (Å²) in [6, 6.07) is 3.79. The Bertz CT molecular complexity index is 469. The van der Waals surface area contributed by atoms with Crippen molar-refractivity contribution in [2.75, 3.05) is 5.32 Å². The molecular weight excluding hydrogens is 247 g/mol. The zero-order valence-electron chi connectivity index (χ0n) is 11.2. The largest absolute Gasteiger partial charge is 0.379 e. The summed E-state index contributed by atoms with van der Waals surface area (Å²) in [6.45, 7) is 4.28.